The average molecular weight is 324 g/mol. The van der Waals surface area contributed by atoms with Crippen LogP contribution in [0.4, 0.5) is 0 Å². The number of fused-ring (bicyclic) bond motifs is 5. The molecule has 0 aromatic heterocycles. The van der Waals surface area contributed by atoms with Crippen molar-refractivity contribution in [3.8, 4) is 0 Å². The average Bonchev–Trinajstić information content (AvgIpc) is 2.64. The van der Waals surface area contributed by atoms with Crippen molar-refractivity contribution >= 4 is 29.3 Å². The fourth-order valence-corrected chi connectivity index (χ4v) is 7.38. The quantitative estimate of drug-likeness (QED) is 0.671. The van der Waals surface area contributed by atoms with E-state index in [4.69, 9.17) is 0 Å². The van der Waals surface area contributed by atoms with Crippen LogP contribution in [0, 0.1) is 28.6 Å². The van der Waals surface area contributed by atoms with E-state index in [0.717, 1.165) is 32.1 Å². The zero-order valence-electron chi connectivity index (χ0n) is 16.1. The number of carbonyl (C=O) groups is 1. The molecule has 4 aliphatic carbocycles. The number of ketones is 1. The molecule has 2 nitrogen and oxygen atoms in total. The summed E-state index contributed by atoms with van der Waals surface area (Å²) in [6.07, 6.45) is 9.56. The molecule has 3 saturated carbocycles. The topological polar surface area (TPSA) is 37.3 Å². The molecule has 0 aliphatic heterocycles. The van der Waals surface area contributed by atoms with Crippen molar-refractivity contribution in [2.45, 2.75) is 69.5 Å². The van der Waals surface area contributed by atoms with Crippen molar-refractivity contribution < 1.29 is 9.90 Å². The molecule has 128 valence electrons. The molecule has 0 radical (unpaired) electrons. The third-order valence-electron chi connectivity index (χ3n) is 9.51. The summed E-state index contributed by atoms with van der Waals surface area (Å²) in [7, 11) is 6.63. The van der Waals surface area contributed by atoms with Gasteiger partial charge in [0.25, 0.3) is 0 Å². The molecule has 24 heavy (non-hydrogen) atoms. The molecule has 0 amide bonds. The molecule has 0 aromatic carbocycles. The summed E-state index contributed by atoms with van der Waals surface area (Å²) < 4.78 is 0. The van der Waals surface area contributed by atoms with Crippen molar-refractivity contribution in [1.29, 1.82) is 0 Å². The first-order valence-electron chi connectivity index (χ1n) is 9.99. The summed E-state index contributed by atoms with van der Waals surface area (Å²) in [5, 5.41) is 11.4. The lowest BCUT2D eigenvalue weighted by atomic mass is 9.38. The van der Waals surface area contributed by atoms with Gasteiger partial charge in [-0.05, 0) is 66.8 Å². The van der Waals surface area contributed by atoms with Gasteiger partial charge in [0, 0.05) is 11.9 Å². The lowest BCUT2D eigenvalue weighted by Gasteiger charge is -2.59. The van der Waals surface area contributed by atoms with Gasteiger partial charge in [-0.2, -0.15) is 0 Å². The van der Waals surface area contributed by atoms with E-state index in [2.05, 4.69) is 37.4 Å². The summed E-state index contributed by atoms with van der Waals surface area (Å²) in [6, 6.07) is 0. The van der Waals surface area contributed by atoms with Crippen LogP contribution in [-0.2, 0) is 4.79 Å². The van der Waals surface area contributed by atoms with Crippen LogP contribution in [0.5, 0.6) is 0 Å². The molecule has 0 spiro atoms. The zero-order valence-corrected chi connectivity index (χ0v) is 16.1. The summed E-state index contributed by atoms with van der Waals surface area (Å²) in [4.78, 5) is 11.9. The Hall–Kier alpha value is -0.435. The van der Waals surface area contributed by atoms with Crippen molar-refractivity contribution in [2.75, 3.05) is 0 Å². The van der Waals surface area contributed by atoms with Crippen LogP contribution >= 0.6 is 0 Å². The van der Waals surface area contributed by atoms with E-state index in [0.29, 0.717) is 23.5 Å². The van der Waals surface area contributed by atoms with Crippen LogP contribution in [0.25, 0.3) is 0 Å². The van der Waals surface area contributed by atoms with Gasteiger partial charge in [0.1, 0.15) is 23.5 Å². The molecule has 0 aromatic rings. The Balaban J connectivity index is 1.73. The number of hydrogen-bond acceptors (Lipinski definition) is 2. The van der Waals surface area contributed by atoms with Gasteiger partial charge < -0.3 is 5.11 Å². The van der Waals surface area contributed by atoms with Crippen LogP contribution in [0.2, 0.25) is 5.21 Å². The molecular formula is C19H31B3O2. The highest BCUT2D eigenvalue weighted by molar-refractivity contribution is 6.45. The van der Waals surface area contributed by atoms with Gasteiger partial charge in [-0.1, -0.05) is 31.1 Å². The summed E-state index contributed by atoms with van der Waals surface area (Å²) >= 11 is 0. The predicted molar refractivity (Wildman–Crippen MR) is 105 cm³/mol. The Morgan fingerprint density at radius 3 is 2.50 bits per heavy atom. The molecule has 1 N–H and O–H groups in total. The van der Waals surface area contributed by atoms with Gasteiger partial charge in [0.2, 0.25) is 0 Å². The van der Waals surface area contributed by atoms with Gasteiger partial charge in [-0.3, -0.25) is 4.79 Å². The van der Waals surface area contributed by atoms with Gasteiger partial charge >= 0.3 is 0 Å². The normalized spacial score (nSPS) is 52.9. The first kappa shape index (κ1) is 17.0. The van der Waals surface area contributed by atoms with E-state index in [9.17, 15) is 9.90 Å². The van der Waals surface area contributed by atoms with E-state index in [1.54, 1.807) is 0 Å². The fraction of sp³-hybridized carbons (Fsp3) is 0.842. The minimum atomic E-state index is -0.588. The van der Waals surface area contributed by atoms with Gasteiger partial charge in [-0.25, -0.2) is 0 Å². The van der Waals surface area contributed by atoms with Crippen molar-refractivity contribution in [2.24, 2.45) is 28.6 Å². The van der Waals surface area contributed by atoms with Crippen LogP contribution in [-0.4, -0.2) is 39.9 Å². The molecule has 0 saturated heterocycles. The lowest BCUT2D eigenvalue weighted by Crippen LogP contribution is -2.57. The molecule has 4 rings (SSSR count). The maximum atomic E-state index is 11.9. The first-order chi connectivity index (χ1) is 11.0. The highest BCUT2D eigenvalue weighted by atomic mass is 16.3. The Kier molecular flexibility index (Phi) is 3.43. The number of rotatable bonds is 0. The molecule has 0 heterocycles. The van der Waals surface area contributed by atoms with E-state index in [-0.39, 0.29) is 16.0 Å². The molecular weight excluding hydrogens is 293 g/mol. The number of allylic oxidation sites excluding steroid dienone is 1. The molecule has 0 bridgehead atoms. The smallest absolute Gasteiger partial charge is 0.155 e. The fourth-order valence-electron chi connectivity index (χ4n) is 7.38. The second-order valence-corrected chi connectivity index (χ2v) is 10.6. The van der Waals surface area contributed by atoms with E-state index < -0.39 is 5.50 Å². The summed E-state index contributed by atoms with van der Waals surface area (Å²) in [6.45, 7) is 4.80. The summed E-state index contributed by atoms with van der Waals surface area (Å²) in [5.41, 5.74) is 1.12. The van der Waals surface area contributed by atoms with Crippen LogP contribution in [0.15, 0.2) is 11.6 Å². The predicted octanol–water partition coefficient (Wildman–Crippen LogP) is 0.832. The Labute approximate surface area is 149 Å². The van der Waals surface area contributed by atoms with Crippen molar-refractivity contribution in [3.63, 3.8) is 0 Å². The maximum Gasteiger partial charge on any atom is 0.155 e. The maximum absolute atomic E-state index is 11.9. The molecule has 3 fully saturated rings. The summed E-state index contributed by atoms with van der Waals surface area (Å²) in [5.74, 6) is 2.38. The SMILES string of the molecule is BC1(B)CC2C3CCC4=CC(=O)CCC4(C)C3CCC2(C)C1(B)O. The van der Waals surface area contributed by atoms with E-state index in [1.807, 2.05) is 6.08 Å². The third-order valence-corrected chi connectivity index (χ3v) is 9.51. The Morgan fingerprint density at radius 2 is 1.79 bits per heavy atom. The van der Waals surface area contributed by atoms with Crippen molar-refractivity contribution in [1.82, 2.24) is 0 Å². The van der Waals surface area contributed by atoms with Crippen molar-refractivity contribution in [3.05, 3.63) is 11.6 Å². The standard InChI is InChI=1S/C19H31B3O2/c1-16-7-5-12(23)9-11(16)3-4-13-14(16)6-8-17(2)15(13)10-18(20,21)19(17,22)24/h9,13-15,24H,3-8,10,20-22H2,1-2H3. The number of hydrogen-bond donors (Lipinski definition) is 1. The second kappa shape index (κ2) is 4.84. The molecule has 4 aliphatic rings. The highest BCUT2D eigenvalue weighted by Gasteiger charge is 2.67. The second-order valence-electron chi connectivity index (χ2n) is 10.6. The molecule has 6 unspecified atom stereocenters. The molecule has 6 atom stereocenters. The van der Waals surface area contributed by atoms with Gasteiger partial charge in [-0.15, -0.1) is 0 Å². The highest BCUT2D eigenvalue weighted by Crippen LogP contribution is 2.71. The lowest BCUT2D eigenvalue weighted by molar-refractivity contribution is -0.118. The van der Waals surface area contributed by atoms with E-state index >= 15 is 0 Å². The monoisotopic (exact) mass is 324 g/mol. The van der Waals surface area contributed by atoms with Crippen LogP contribution in [0.3, 0.4) is 0 Å². The van der Waals surface area contributed by atoms with Crippen LogP contribution in [0.1, 0.15) is 58.8 Å². The van der Waals surface area contributed by atoms with Gasteiger partial charge in [0.15, 0.2) is 5.78 Å². The number of aliphatic hydroxyl groups is 1. The Bertz CT molecular complexity index is 626. The molecule has 5 heteroatoms. The minimum Gasteiger partial charge on any atom is -0.399 e. The minimum absolute atomic E-state index is 0.0130. The Morgan fingerprint density at radius 1 is 1.08 bits per heavy atom. The first-order valence-corrected chi connectivity index (χ1v) is 9.99. The van der Waals surface area contributed by atoms with E-state index in [1.165, 1.54) is 18.4 Å². The van der Waals surface area contributed by atoms with Gasteiger partial charge in [0.05, 0.1) is 0 Å². The largest absolute Gasteiger partial charge is 0.399 e. The van der Waals surface area contributed by atoms with Crippen LogP contribution < -0.4 is 0 Å². The third kappa shape index (κ3) is 1.88. The zero-order chi connectivity index (χ0) is 17.5. The number of carbonyl (C=O) groups excluding carboxylic acids is 1.